The molecule has 98 valence electrons. The summed E-state index contributed by atoms with van der Waals surface area (Å²) in [6.07, 6.45) is 1.07. The van der Waals surface area contributed by atoms with Gasteiger partial charge in [-0.25, -0.2) is 8.78 Å². The van der Waals surface area contributed by atoms with E-state index in [1.807, 2.05) is 19.1 Å². The van der Waals surface area contributed by atoms with Crippen LogP contribution in [0.4, 0.5) is 8.78 Å². The molecule has 2 aromatic carbocycles. The highest BCUT2D eigenvalue weighted by atomic mass is 19.1. The monoisotopic (exact) mass is 262 g/mol. The van der Waals surface area contributed by atoms with Gasteiger partial charge >= 0.3 is 0 Å². The van der Waals surface area contributed by atoms with Crippen molar-refractivity contribution in [2.45, 2.75) is 13.3 Å². The molecular formula is C15H12F2O2. The van der Waals surface area contributed by atoms with Gasteiger partial charge in [0, 0.05) is 5.56 Å². The second-order valence-corrected chi connectivity index (χ2v) is 3.99. The van der Waals surface area contributed by atoms with E-state index in [1.165, 1.54) is 0 Å². The number of aryl methyl sites for hydroxylation is 1. The fraction of sp³-hybridized carbons (Fsp3) is 0.133. The molecule has 0 unspecified atom stereocenters. The van der Waals surface area contributed by atoms with Crippen LogP contribution < -0.4 is 4.74 Å². The average molecular weight is 262 g/mol. The van der Waals surface area contributed by atoms with Crippen molar-refractivity contribution < 1.29 is 18.3 Å². The van der Waals surface area contributed by atoms with Gasteiger partial charge in [0.2, 0.25) is 0 Å². The third kappa shape index (κ3) is 2.78. The summed E-state index contributed by atoms with van der Waals surface area (Å²) in [7, 11) is 0. The molecule has 0 saturated heterocycles. The van der Waals surface area contributed by atoms with E-state index in [4.69, 9.17) is 4.74 Å². The first kappa shape index (κ1) is 13.2. The number of hydrogen-bond acceptors (Lipinski definition) is 2. The first-order valence-corrected chi connectivity index (χ1v) is 5.85. The molecule has 0 atom stereocenters. The zero-order valence-electron chi connectivity index (χ0n) is 10.3. The van der Waals surface area contributed by atoms with Crippen molar-refractivity contribution >= 4 is 6.29 Å². The molecule has 0 amide bonds. The summed E-state index contributed by atoms with van der Waals surface area (Å²) in [5.41, 5.74) is 0.784. The van der Waals surface area contributed by atoms with Crippen LogP contribution in [0.1, 0.15) is 22.8 Å². The summed E-state index contributed by atoms with van der Waals surface area (Å²) in [5.74, 6) is -1.88. The SMILES string of the molecule is CCc1ccccc1Oc1c(F)cc(C=O)cc1F. The fourth-order valence-electron chi connectivity index (χ4n) is 1.75. The van der Waals surface area contributed by atoms with Gasteiger partial charge in [-0.3, -0.25) is 4.79 Å². The smallest absolute Gasteiger partial charge is 0.198 e. The summed E-state index contributed by atoms with van der Waals surface area (Å²) in [6.45, 7) is 1.92. The second kappa shape index (κ2) is 5.61. The molecule has 2 rings (SSSR count). The highest BCUT2D eigenvalue weighted by Gasteiger charge is 2.14. The van der Waals surface area contributed by atoms with Gasteiger partial charge in [-0.2, -0.15) is 0 Å². The fourth-order valence-corrected chi connectivity index (χ4v) is 1.75. The van der Waals surface area contributed by atoms with E-state index in [1.54, 1.807) is 12.1 Å². The van der Waals surface area contributed by atoms with Crippen LogP contribution in [0.15, 0.2) is 36.4 Å². The van der Waals surface area contributed by atoms with Gasteiger partial charge < -0.3 is 4.74 Å². The lowest BCUT2D eigenvalue weighted by molar-refractivity contribution is 0.112. The Balaban J connectivity index is 2.41. The number of carbonyl (C=O) groups excluding carboxylic acids is 1. The molecule has 0 spiro atoms. The third-order valence-corrected chi connectivity index (χ3v) is 2.72. The minimum atomic E-state index is -0.895. The molecule has 4 heteroatoms. The van der Waals surface area contributed by atoms with Crippen molar-refractivity contribution in [3.8, 4) is 11.5 Å². The summed E-state index contributed by atoms with van der Waals surface area (Å²) < 4.78 is 32.7. The maximum Gasteiger partial charge on any atom is 0.198 e. The molecule has 0 aliphatic heterocycles. The summed E-state index contributed by atoms with van der Waals surface area (Å²) in [6, 6.07) is 8.91. The highest BCUT2D eigenvalue weighted by Crippen LogP contribution is 2.30. The van der Waals surface area contributed by atoms with Gasteiger partial charge in [0.05, 0.1) is 0 Å². The van der Waals surface area contributed by atoms with Gasteiger partial charge in [-0.15, -0.1) is 0 Å². The van der Waals surface area contributed by atoms with Crippen LogP contribution in [-0.2, 0) is 6.42 Å². The predicted molar refractivity (Wildman–Crippen MR) is 67.6 cm³/mol. The minimum Gasteiger partial charge on any atom is -0.451 e. The number of carbonyl (C=O) groups is 1. The van der Waals surface area contributed by atoms with Crippen LogP contribution in [0, 0.1) is 11.6 Å². The van der Waals surface area contributed by atoms with Crippen molar-refractivity contribution in [2.75, 3.05) is 0 Å². The molecule has 0 aliphatic rings. The molecule has 0 aliphatic carbocycles. The Hall–Kier alpha value is -2.23. The van der Waals surface area contributed by atoms with Crippen LogP contribution in [0.25, 0.3) is 0 Å². The number of hydrogen-bond donors (Lipinski definition) is 0. The van der Waals surface area contributed by atoms with Crippen molar-refractivity contribution in [3.05, 3.63) is 59.2 Å². The van der Waals surface area contributed by atoms with Gasteiger partial charge in [0.15, 0.2) is 17.4 Å². The molecule has 0 heterocycles. The number of ether oxygens (including phenoxy) is 1. The lowest BCUT2D eigenvalue weighted by Gasteiger charge is -2.11. The normalized spacial score (nSPS) is 10.3. The summed E-state index contributed by atoms with van der Waals surface area (Å²) in [5, 5.41) is 0. The zero-order chi connectivity index (χ0) is 13.8. The Bertz CT molecular complexity index is 586. The largest absolute Gasteiger partial charge is 0.451 e. The number of halogens is 2. The summed E-state index contributed by atoms with van der Waals surface area (Å²) >= 11 is 0. The highest BCUT2D eigenvalue weighted by molar-refractivity contribution is 5.75. The lowest BCUT2D eigenvalue weighted by Crippen LogP contribution is -1.97. The minimum absolute atomic E-state index is 0.0638. The van der Waals surface area contributed by atoms with Crippen LogP contribution >= 0.6 is 0 Å². The van der Waals surface area contributed by atoms with E-state index in [0.29, 0.717) is 18.5 Å². The van der Waals surface area contributed by atoms with Crippen LogP contribution in [-0.4, -0.2) is 6.29 Å². The topological polar surface area (TPSA) is 26.3 Å². The Kier molecular flexibility index (Phi) is 3.90. The Morgan fingerprint density at radius 3 is 2.37 bits per heavy atom. The van der Waals surface area contributed by atoms with Crippen molar-refractivity contribution in [3.63, 3.8) is 0 Å². The quantitative estimate of drug-likeness (QED) is 0.774. The van der Waals surface area contributed by atoms with Crippen molar-refractivity contribution in [1.29, 1.82) is 0 Å². The molecule has 0 fully saturated rings. The lowest BCUT2D eigenvalue weighted by atomic mass is 10.1. The summed E-state index contributed by atoms with van der Waals surface area (Å²) in [4.78, 5) is 10.5. The van der Waals surface area contributed by atoms with E-state index >= 15 is 0 Å². The number of para-hydroxylation sites is 1. The first-order valence-electron chi connectivity index (χ1n) is 5.85. The zero-order valence-corrected chi connectivity index (χ0v) is 10.3. The van der Waals surface area contributed by atoms with Crippen LogP contribution in [0.3, 0.4) is 0 Å². The van der Waals surface area contributed by atoms with Gasteiger partial charge in [0.1, 0.15) is 12.0 Å². The van der Waals surface area contributed by atoms with Gasteiger partial charge in [-0.1, -0.05) is 25.1 Å². The molecule has 0 radical (unpaired) electrons. The molecule has 2 aromatic rings. The molecule has 0 saturated carbocycles. The van der Waals surface area contributed by atoms with E-state index in [9.17, 15) is 13.6 Å². The molecule has 19 heavy (non-hydrogen) atoms. The second-order valence-electron chi connectivity index (χ2n) is 3.99. The molecule has 2 nitrogen and oxygen atoms in total. The standard InChI is InChI=1S/C15H12F2O2/c1-2-11-5-3-4-6-14(11)19-15-12(16)7-10(9-18)8-13(15)17/h3-9H,2H2,1H3. The molecule has 0 bridgehead atoms. The van der Waals surface area contributed by atoms with Crippen LogP contribution in [0.5, 0.6) is 11.5 Å². The molecule has 0 N–H and O–H groups in total. The van der Waals surface area contributed by atoms with E-state index in [-0.39, 0.29) is 5.56 Å². The van der Waals surface area contributed by atoms with Crippen molar-refractivity contribution in [2.24, 2.45) is 0 Å². The Morgan fingerprint density at radius 2 is 1.79 bits per heavy atom. The number of benzene rings is 2. The van der Waals surface area contributed by atoms with Gasteiger partial charge in [-0.05, 0) is 30.2 Å². The maximum atomic E-state index is 13.7. The van der Waals surface area contributed by atoms with E-state index in [0.717, 1.165) is 17.7 Å². The predicted octanol–water partition coefficient (Wildman–Crippen LogP) is 4.13. The average Bonchev–Trinajstić information content (AvgIpc) is 2.43. The first-order chi connectivity index (χ1) is 9.15. The molecular weight excluding hydrogens is 250 g/mol. The van der Waals surface area contributed by atoms with Gasteiger partial charge in [0.25, 0.3) is 0 Å². The van der Waals surface area contributed by atoms with E-state index < -0.39 is 17.4 Å². The van der Waals surface area contributed by atoms with Crippen molar-refractivity contribution in [1.82, 2.24) is 0 Å². The van der Waals surface area contributed by atoms with E-state index in [2.05, 4.69) is 0 Å². The number of aldehydes is 1. The number of rotatable bonds is 4. The molecule has 0 aromatic heterocycles. The Labute approximate surface area is 109 Å². The van der Waals surface area contributed by atoms with Crippen LogP contribution in [0.2, 0.25) is 0 Å². The third-order valence-electron chi connectivity index (χ3n) is 2.72. The Morgan fingerprint density at radius 1 is 1.16 bits per heavy atom. The maximum absolute atomic E-state index is 13.7.